The molecule has 0 aromatic carbocycles. The predicted octanol–water partition coefficient (Wildman–Crippen LogP) is 2.15. The Labute approximate surface area is 159 Å². The topological polar surface area (TPSA) is 66.5 Å². The molecule has 3 heterocycles. The molecule has 2 aliphatic heterocycles. The van der Waals surface area contributed by atoms with E-state index in [2.05, 4.69) is 20.5 Å². The smallest absolute Gasteiger partial charge is 0.226 e. The zero-order valence-corrected chi connectivity index (χ0v) is 16.1. The highest BCUT2D eigenvalue weighted by molar-refractivity contribution is 7.13. The Morgan fingerprint density at radius 1 is 1.42 bits per heavy atom. The molecule has 0 bridgehead atoms. The van der Waals surface area contributed by atoms with Gasteiger partial charge in [-0.2, -0.15) is 0 Å². The highest BCUT2D eigenvalue weighted by Crippen LogP contribution is 2.19. The summed E-state index contributed by atoms with van der Waals surface area (Å²) in [5.74, 6) is 0.734. The van der Waals surface area contributed by atoms with Crippen LogP contribution < -0.4 is 10.6 Å². The van der Waals surface area contributed by atoms with Crippen molar-refractivity contribution in [3.63, 3.8) is 0 Å². The molecule has 2 aliphatic rings. The molecule has 0 spiro atoms. The highest BCUT2D eigenvalue weighted by Gasteiger charge is 2.17. The fourth-order valence-corrected chi connectivity index (χ4v) is 3.62. The average molecular weight is 397 g/mol. The van der Waals surface area contributed by atoms with E-state index in [1.165, 1.54) is 17.8 Å². The minimum absolute atomic E-state index is 0. The molecule has 0 saturated carbocycles. The Kier molecular flexibility index (Phi) is 10.1. The molecule has 2 saturated heterocycles. The van der Waals surface area contributed by atoms with Crippen molar-refractivity contribution in [2.24, 2.45) is 5.92 Å². The molecule has 0 aliphatic carbocycles. The second-order valence-corrected chi connectivity index (χ2v) is 6.84. The number of nitrogens with one attached hydrogen (secondary N) is 2. The van der Waals surface area contributed by atoms with E-state index in [4.69, 9.17) is 4.74 Å². The van der Waals surface area contributed by atoms with E-state index >= 15 is 0 Å². The normalized spacial score (nSPS) is 20.9. The molecule has 9 heteroatoms. The van der Waals surface area contributed by atoms with Crippen LogP contribution in [0.1, 0.15) is 25.0 Å². The number of halogens is 2. The maximum atomic E-state index is 12.0. The lowest BCUT2D eigenvalue weighted by atomic mass is 10.0. The first-order valence-corrected chi connectivity index (χ1v) is 8.92. The van der Waals surface area contributed by atoms with Crippen LogP contribution in [0, 0.1) is 5.92 Å². The summed E-state index contributed by atoms with van der Waals surface area (Å²) >= 11 is 1.51. The maximum Gasteiger partial charge on any atom is 0.226 e. The molecule has 1 unspecified atom stereocenters. The van der Waals surface area contributed by atoms with Gasteiger partial charge in [0, 0.05) is 31.4 Å². The minimum Gasteiger partial charge on any atom is -0.379 e. The average Bonchev–Trinajstić information content (AvgIpc) is 3.18. The number of carbonyl (C=O) groups is 1. The number of nitrogens with zero attached hydrogens (tertiary/aromatic N) is 2. The van der Waals surface area contributed by atoms with E-state index < -0.39 is 0 Å². The van der Waals surface area contributed by atoms with Crippen molar-refractivity contribution in [3.05, 3.63) is 11.1 Å². The lowest BCUT2D eigenvalue weighted by molar-refractivity contribution is -0.116. The van der Waals surface area contributed by atoms with Gasteiger partial charge in [-0.25, -0.2) is 4.98 Å². The largest absolute Gasteiger partial charge is 0.379 e. The van der Waals surface area contributed by atoms with E-state index in [-0.39, 0.29) is 30.7 Å². The van der Waals surface area contributed by atoms with Gasteiger partial charge in [0.25, 0.3) is 0 Å². The number of hydrogen-bond donors (Lipinski definition) is 2. The van der Waals surface area contributed by atoms with Crippen LogP contribution in [0.4, 0.5) is 5.13 Å². The summed E-state index contributed by atoms with van der Waals surface area (Å²) in [5.41, 5.74) is 1.03. The quantitative estimate of drug-likeness (QED) is 0.770. The highest BCUT2D eigenvalue weighted by atomic mass is 35.5. The molecule has 24 heavy (non-hydrogen) atoms. The van der Waals surface area contributed by atoms with Gasteiger partial charge in [0.1, 0.15) is 0 Å². The fraction of sp³-hybridized carbons (Fsp3) is 0.733. The minimum atomic E-state index is 0. The number of hydrogen-bond acceptors (Lipinski definition) is 6. The lowest BCUT2D eigenvalue weighted by Crippen LogP contribution is -2.35. The SMILES string of the molecule is Cl.Cl.O=C(CCC1CCNC1)Nc1nc(CN2CCOCC2)cs1. The summed E-state index contributed by atoms with van der Waals surface area (Å²) in [4.78, 5) is 18.8. The Balaban J connectivity index is 0.00000144. The molecule has 1 aromatic rings. The fourth-order valence-electron chi connectivity index (χ4n) is 2.90. The first-order valence-electron chi connectivity index (χ1n) is 8.04. The van der Waals surface area contributed by atoms with E-state index in [9.17, 15) is 4.79 Å². The van der Waals surface area contributed by atoms with Crippen LogP contribution >= 0.6 is 36.2 Å². The number of amides is 1. The molecule has 1 aromatic heterocycles. The third-order valence-corrected chi connectivity index (χ3v) is 5.04. The van der Waals surface area contributed by atoms with E-state index in [0.717, 1.165) is 63.2 Å². The van der Waals surface area contributed by atoms with E-state index in [1.807, 2.05) is 5.38 Å². The number of ether oxygens (including phenoxy) is 1. The number of carbonyl (C=O) groups excluding carboxylic acids is 1. The number of rotatable bonds is 6. The van der Waals surface area contributed by atoms with Crippen molar-refractivity contribution in [1.29, 1.82) is 0 Å². The molecule has 1 atom stereocenters. The summed E-state index contributed by atoms with van der Waals surface area (Å²) in [6.07, 6.45) is 2.74. The Morgan fingerprint density at radius 2 is 2.21 bits per heavy atom. The van der Waals surface area contributed by atoms with Crippen molar-refractivity contribution < 1.29 is 9.53 Å². The first kappa shape index (κ1) is 21.6. The summed E-state index contributed by atoms with van der Waals surface area (Å²) in [6, 6.07) is 0. The molecule has 2 N–H and O–H groups in total. The molecule has 2 fully saturated rings. The lowest BCUT2D eigenvalue weighted by Gasteiger charge is -2.25. The zero-order valence-electron chi connectivity index (χ0n) is 13.7. The van der Waals surface area contributed by atoms with Gasteiger partial charge in [-0.15, -0.1) is 36.2 Å². The molecular weight excluding hydrogens is 371 g/mol. The van der Waals surface area contributed by atoms with Gasteiger partial charge in [-0.3, -0.25) is 9.69 Å². The molecular formula is C15H26Cl2N4O2S. The number of morpholine rings is 1. The second-order valence-electron chi connectivity index (χ2n) is 5.98. The third kappa shape index (κ3) is 6.82. The van der Waals surface area contributed by atoms with Gasteiger partial charge < -0.3 is 15.4 Å². The number of anilines is 1. The molecule has 138 valence electrons. The van der Waals surface area contributed by atoms with Gasteiger partial charge in [0.05, 0.1) is 18.9 Å². The monoisotopic (exact) mass is 396 g/mol. The maximum absolute atomic E-state index is 12.0. The van der Waals surface area contributed by atoms with E-state index in [0.29, 0.717) is 12.3 Å². The van der Waals surface area contributed by atoms with Crippen molar-refractivity contribution >= 4 is 47.2 Å². The Morgan fingerprint density at radius 3 is 2.92 bits per heavy atom. The summed E-state index contributed by atoms with van der Waals surface area (Å²) in [7, 11) is 0. The van der Waals surface area contributed by atoms with Crippen LogP contribution in [0.3, 0.4) is 0 Å². The Hall–Kier alpha value is -0.440. The van der Waals surface area contributed by atoms with Crippen LogP contribution in [0.15, 0.2) is 5.38 Å². The molecule has 3 rings (SSSR count). The Bertz CT molecular complexity index is 492. The van der Waals surface area contributed by atoms with Gasteiger partial charge in [0.15, 0.2) is 5.13 Å². The van der Waals surface area contributed by atoms with Crippen molar-refractivity contribution in [2.45, 2.75) is 25.8 Å². The molecule has 1 amide bonds. The zero-order chi connectivity index (χ0) is 15.2. The summed E-state index contributed by atoms with van der Waals surface area (Å²) in [6.45, 7) is 6.47. The summed E-state index contributed by atoms with van der Waals surface area (Å²) < 4.78 is 5.34. The van der Waals surface area contributed by atoms with Crippen LogP contribution in [-0.2, 0) is 16.1 Å². The summed E-state index contributed by atoms with van der Waals surface area (Å²) in [5, 5.41) is 9.01. The van der Waals surface area contributed by atoms with Crippen LogP contribution in [-0.4, -0.2) is 55.2 Å². The van der Waals surface area contributed by atoms with Gasteiger partial charge in [-0.1, -0.05) is 0 Å². The van der Waals surface area contributed by atoms with Crippen LogP contribution in [0.25, 0.3) is 0 Å². The van der Waals surface area contributed by atoms with E-state index in [1.54, 1.807) is 0 Å². The third-order valence-electron chi connectivity index (χ3n) is 4.23. The van der Waals surface area contributed by atoms with Gasteiger partial charge in [0.2, 0.25) is 5.91 Å². The number of thiazole rings is 1. The first-order chi connectivity index (χ1) is 10.8. The van der Waals surface area contributed by atoms with Crippen molar-refractivity contribution in [1.82, 2.24) is 15.2 Å². The van der Waals surface area contributed by atoms with Gasteiger partial charge >= 0.3 is 0 Å². The molecule has 0 radical (unpaired) electrons. The molecule has 6 nitrogen and oxygen atoms in total. The predicted molar refractivity (Wildman–Crippen MR) is 102 cm³/mol. The second kappa shape index (κ2) is 11.2. The number of aromatic nitrogens is 1. The van der Waals surface area contributed by atoms with Crippen molar-refractivity contribution in [2.75, 3.05) is 44.7 Å². The van der Waals surface area contributed by atoms with Gasteiger partial charge in [-0.05, 0) is 31.8 Å². The van der Waals surface area contributed by atoms with Crippen molar-refractivity contribution in [3.8, 4) is 0 Å². The standard InChI is InChI=1S/C15H24N4O2S.2ClH/c20-14(2-1-12-3-4-16-9-12)18-15-17-13(11-22-15)10-19-5-7-21-8-6-19;;/h11-12,16H,1-10H2,(H,17,18,20);2*1H. The van der Waals surface area contributed by atoms with Crippen LogP contribution in [0.5, 0.6) is 0 Å². The van der Waals surface area contributed by atoms with Crippen LogP contribution in [0.2, 0.25) is 0 Å².